The average molecular weight is 222 g/mol. The Balaban J connectivity index is 2.72. The van der Waals surface area contributed by atoms with Gasteiger partial charge in [-0.1, -0.05) is 13.8 Å². The maximum absolute atomic E-state index is 11.7. The van der Waals surface area contributed by atoms with E-state index in [0.717, 1.165) is 6.42 Å². The lowest BCUT2D eigenvalue weighted by Crippen LogP contribution is -2.36. The van der Waals surface area contributed by atoms with Crippen LogP contribution in [0.3, 0.4) is 0 Å². The van der Waals surface area contributed by atoms with Crippen LogP contribution in [-0.2, 0) is 20.3 Å². The molecule has 0 aliphatic carbocycles. The van der Waals surface area contributed by atoms with Crippen LogP contribution in [0, 0.1) is 0 Å². The Hall–Kier alpha value is -0.0300. The number of hydrogen-bond donors (Lipinski definition) is 0. The van der Waals surface area contributed by atoms with Gasteiger partial charge in [0.1, 0.15) is 0 Å². The Morgan fingerprint density at radius 2 is 2.15 bits per heavy atom. The van der Waals surface area contributed by atoms with E-state index in [-0.39, 0.29) is 11.2 Å². The highest BCUT2D eigenvalue weighted by molar-refractivity contribution is 8.13. The second kappa shape index (κ2) is 4.46. The molecule has 76 valence electrons. The van der Waals surface area contributed by atoms with Gasteiger partial charge < -0.3 is 4.74 Å². The molecule has 5 heteroatoms. The molecule has 1 heterocycles. The summed E-state index contributed by atoms with van der Waals surface area (Å²) >= 11 is 1.46. The van der Waals surface area contributed by atoms with Crippen molar-refractivity contribution in [3.8, 4) is 0 Å². The average Bonchev–Trinajstić information content (AvgIpc) is 2.10. The number of methoxy groups -OCH3 is 1. The third-order valence-electron chi connectivity index (χ3n) is 2.02. The van der Waals surface area contributed by atoms with Crippen molar-refractivity contribution in [1.82, 2.24) is 0 Å². The van der Waals surface area contributed by atoms with Crippen molar-refractivity contribution < 1.29 is 13.7 Å². The Morgan fingerprint density at radius 3 is 2.69 bits per heavy atom. The number of ether oxygens (including phenoxy) is 1. The summed E-state index contributed by atoms with van der Waals surface area (Å²) in [5, 5.41) is 0.483. The fraction of sp³-hybridized carbons (Fsp3) is 0.875. The SMILES string of the molecule is COC(=O)[C@H]1S[C@@H](C)C[C@@H](C)S1=O. The summed E-state index contributed by atoms with van der Waals surface area (Å²) in [5.41, 5.74) is 0. The van der Waals surface area contributed by atoms with Crippen molar-refractivity contribution in [3.63, 3.8) is 0 Å². The Bertz CT molecular complexity index is 229. The molecule has 0 N–H and O–H groups in total. The highest BCUT2D eigenvalue weighted by Gasteiger charge is 2.36. The molecule has 4 atom stereocenters. The van der Waals surface area contributed by atoms with E-state index in [4.69, 9.17) is 0 Å². The number of carbonyl (C=O) groups is 1. The molecule has 0 spiro atoms. The van der Waals surface area contributed by atoms with E-state index in [1.807, 2.05) is 13.8 Å². The molecule has 1 fully saturated rings. The van der Waals surface area contributed by atoms with Gasteiger partial charge in [-0.05, 0) is 6.42 Å². The Morgan fingerprint density at radius 1 is 1.54 bits per heavy atom. The van der Waals surface area contributed by atoms with Gasteiger partial charge in [0, 0.05) is 21.3 Å². The summed E-state index contributed by atoms with van der Waals surface area (Å²) in [6, 6.07) is 0. The van der Waals surface area contributed by atoms with E-state index in [2.05, 4.69) is 4.74 Å². The van der Waals surface area contributed by atoms with E-state index >= 15 is 0 Å². The summed E-state index contributed by atoms with van der Waals surface area (Å²) in [5.74, 6) is -0.360. The predicted octanol–water partition coefficient (Wildman–Crippen LogP) is 1.15. The quantitative estimate of drug-likeness (QED) is 0.624. The molecular formula is C8H14O3S2. The first-order chi connectivity index (χ1) is 6.06. The first-order valence-corrected chi connectivity index (χ1v) is 6.40. The zero-order valence-corrected chi connectivity index (χ0v) is 9.61. The van der Waals surface area contributed by atoms with Crippen molar-refractivity contribution >= 4 is 28.5 Å². The smallest absolute Gasteiger partial charge is 0.331 e. The Labute approximate surface area is 85.1 Å². The van der Waals surface area contributed by atoms with E-state index in [1.54, 1.807) is 0 Å². The first kappa shape index (κ1) is 11.0. The van der Waals surface area contributed by atoms with Gasteiger partial charge in [-0.3, -0.25) is 4.21 Å². The second-order valence-corrected chi connectivity index (χ2v) is 6.96. The van der Waals surface area contributed by atoms with Gasteiger partial charge in [-0.25, -0.2) is 4.79 Å². The number of rotatable bonds is 1. The minimum absolute atomic E-state index is 0.0975. The van der Waals surface area contributed by atoms with Gasteiger partial charge >= 0.3 is 5.97 Å². The van der Waals surface area contributed by atoms with Crippen LogP contribution in [0.5, 0.6) is 0 Å². The molecular weight excluding hydrogens is 208 g/mol. The molecule has 0 aromatic heterocycles. The van der Waals surface area contributed by atoms with Gasteiger partial charge in [0.2, 0.25) is 0 Å². The lowest BCUT2D eigenvalue weighted by atomic mass is 10.3. The molecule has 0 saturated carbocycles. The van der Waals surface area contributed by atoms with Crippen LogP contribution in [0.4, 0.5) is 0 Å². The van der Waals surface area contributed by atoms with Crippen LogP contribution in [0.1, 0.15) is 20.3 Å². The summed E-state index contributed by atoms with van der Waals surface area (Å²) in [4.78, 5) is 11.2. The number of hydrogen-bond acceptors (Lipinski definition) is 4. The maximum atomic E-state index is 11.7. The van der Waals surface area contributed by atoms with E-state index < -0.39 is 15.4 Å². The van der Waals surface area contributed by atoms with E-state index in [9.17, 15) is 9.00 Å². The minimum atomic E-state index is -1.08. The molecule has 1 aliphatic heterocycles. The lowest BCUT2D eigenvalue weighted by Gasteiger charge is -2.28. The van der Waals surface area contributed by atoms with Crippen molar-refractivity contribution in [2.24, 2.45) is 0 Å². The lowest BCUT2D eigenvalue weighted by molar-refractivity contribution is -0.138. The molecule has 0 radical (unpaired) electrons. The van der Waals surface area contributed by atoms with E-state index in [1.165, 1.54) is 18.9 Å². The van der Waals surface area contributed by atoms with E-state index in [0.29, 0.717) is 5.25 Å². The molecule has 0 aromatic rings. The molecule has 13 heavy (non-hydrogen) atoms. The molecule has 1 saturated heterocycles. The number of carbonyl (C=O) groups excluding carboxylic acids is 1. The molecule has 3 nitrogen and oxygen atoms in total. The first-order valence-electron chi connectivity index (χ1n) is 4.19. The zero-order valence-electron chi connectivity index (χ0n) is 7.98. The van der Waals surface area contributed by atoms with Crippen LogP contribution < -0.4 is 0 Å². The third-order valence-corrected chi connectivity index (χ3v) is 5.62. The topological polar surface area (TPSA) is 43.4 Å². The van der Waals surface area contributed by atoms with Crippen molar-refractivity contribution in [3.05, 3.63) is 0 Å². The molecule has 1 unspecified atom stereocenters. The third kappa shape index (κ3) is 2.47. The van der Waals surface area contributed by atoms with Gasteiger partial charge in [-0.2, -0.15) is 0 Å². The molecule has 0 amide bonds. The molecule has 0 aromatic carbocycles. The second-order valence-electron chi connectivity index (χ2n) is 3.18. The maximum Gasteiger partial charge on any atom is 0.331 e. The summed E-state index contributed by atoms with van der Waals surface area (Å²) in [6.45, 7) is 3.97. The number of esters is 1. The van der Waals surface area contributed by atoms with Crippen LogP contribution in [0.2, 0.25) is 0 Å². The fourth-order valence-electron chi connectivity index (χ4n) is 1.34. The van der Waals surface area contributed by atoms with Gasteiger partial charge in [0.15, 0.2) is 4.58 Å². The van der Waals surface area contributed by atoms with Crippen molar-refractivity contribution in [1.29, 1.82) is 0 Å². The van der Waals surface area contributed by atoms with Crippen LogP contribution in [-0.4, -0.2) is 32.4 Å². The predicted molar refractivity (Wildman–Crippen MR) is 55.1 cm³/mol. The summed E-state index contributed by atoms with van der Waals surface area (Å²) in [6.07, 6.45) is 0.908. The molecule has 0 bridgehead atoms. The Kier molecular flexibility index (Phi) is 3.79. The highest BCUT2D eigenvalue weighted by Crippen LogP contribution is 2.33. The molecule has 1 aliphatic rings. The minimum Gasteiger partial charge on any atom is -0.467 e. The van der Waals surface area contributed by atoms with Crippen molar-refractivity contribution in [2.45, 2.75) is 35.4 Å². The van der Waals surface area contributed by atoms with Crippen molar-refractivity contribution in [2.75, 3.05) is 7.11 Å². The van der Waals surface area contributed by atoms with Gasteiger partial charge in [0.25, 0.3) is 0 Å². The standard InChI is InChI=1S/C8H14O3S2/c1-5-4-6(2)13(10)8(12-5)7(9)11-3/h5-6,8H,4H2,1-3H3/t5-,6+,8-,13?/m0/s1. The fourth-order valence-corrected chi connectivity index (χ4v) is 5.25. The van der Waals surface area contributed by atoms with Crippen LogP contribution in [0.15, 0.2) is 0 Å². The van der Waals surface area contributed by atoms with Crippen LogP contribution >= 0.6 is 11.8 Å². The van der Waals surface area contributed by atoms with Crippen LogP contribution in [0.25, 0.3) is 0 Å². The summed E-state index contributed by atoms with van der Waals surface area (Å²) < 4.78 is 15.8. The highest BCUT2D eigenvalue weighted by atomic mass is 32.2. The van der Waals surface area contributed by atoms with Gasteiger partial charge in [-0.15, -0.1) is 11.8 Å². The number of thioether (sulfide) groups is 1. The molecule has 1 rings (SSSR count). The summed E-state index contributed by atoms with van der Waals surface area (Å²) in [7, 11) is 0.252. The normalized spacial score (nSPS) is 39.9. The monoisotopic (exact) mass is 222 g/mol. The largest absolute Gasteiger partial charge is 0.467 e. The zero-order chi connectivity index (χ0) is 10.0. The van der Waals surface area contributed by atoms with Gasteiger partial charge in [0.05, 0.1) is 7.11 Å².